The Morgan fingerprint density at radius 1 is 1.19 bits per heavy atom. The Kier molecular flexibility index (Phi) is 7.80. The zero-order valence-electron chi connectivity index (χ0n) is 17.8. The van der Waals surface area contributed by atoms with E-state index in [1.165, 1.54) is 8.61 Å². The summed E-state index contributed by atoms with van der Waals surface area (Å²) >= 11 is 5.89. The Morgan fingerprint density at radius 2 is 1.87 bits per heavy atom. The van der Waals surface area contributed by atoms with E-state index in [1.807, 2.05) is 12.1 Å². The molecule has 1 atom stereocenters. The number of nitrogens with one attached hydrogen (secondary N) is 1. The quantitative estimate of drug-likeness (QED) is 0.647. The molecule has 1 aliphatic heterocycles. The third kappa shape index (κ3) is 5.70. The van der Waals surface area contributed by atoms with Gasteiger partial charge in [-0.2, -0.15) is 12.7 Å². The molecular formula is C22H28ClN3O4S. The number of methoxy groups -OCH3 is 1. The average Bonchev–Trinajstić information content (AvgIpc) is 2.79. The number of piperidine rings is 1. The Morgan fingerprint density at radius 3 is 2.48 bits per heavy atom. The molecule has 1 N–H and O–H groups in total. The van der Waals surface area contributed by atoms with E-state index in [1.54, 1.807) is 50.4 Å². The van der Waals surface area contributed by atoms with Gasteiger partial charge in [0.2, 0.25) is 5.91 Å². The molecule has 0 radical (unpaired) electrons. The van der Waals surface area contributed by atoms with Gasteiger partial charge < -0.3 is 10.1 Å². The second-order valence-corrected chi connectivity index (χ2v) is 9.70. The number of hydrogen-bond acceptors (Lipinski definition) is 4. The van der Waals surface area contributed by atoms with E-state index in [2.05, 4.69) is 5.32 Å². The van der Waals surface area contributed by atoms with Gasteiger partial charge in [-0.1, -0.05) is 23.7 Å². The van der Waals surface area contributed by atoms with Gasteiger partial charge in [-0.05, 0) is 61.7 Å². The summed E-state index contributed by atoms with van der Waals surface area (Å²) in [5, 5.41) is 3.56. The summed E-state index contributed by atoms with van der Waals surface area (Å²) in [5.41, 5.74) is 1.51. The molecule has 31 heavy (non-hydrogen) atoms. The molecule has 0 aliphatic carbocycles. The summed E-state index contributed by atoms with van der Waals surface area (Å²) in [4.78, 5) is 12.7. The normalized spacial score (nSPS) is 17.2. The molecule has 1 saturated heterocycles. The van der Waals surface area contributed by atoms with Crippen LogP contribution in [0.25, 0.3) is 0 Å². The summed E-state index contributed by atoms with van der Waals surface area (Å²) < 4.78 is 34.6. The second-order valence-electron chi connectivity index (χ2n) is 7.41. The van der Waals surface area contributed by atoms with Crippen LogP contribution in [0.5, 0.6) is 5.75 Å². The highest BCUT2D eigenvalue weighted by Crippen LogP contribution is 2.27. The van der Waals surface area contributed by atoms with E-state index in [0.29, 0.717) is 48.9 Å². The van der Waals surface area contributed by atoms with Gasteiger partial charge in [0.05, 0.1) is 18.7 Å². The highest BCUT2D eigenvalue weighted by atomic mass is 35.5. The van der Waals surface area contributed by atoms with E-state index < -0.39 is 10.2 Å². The van der Waals surface area contributed by atoms with Crippen molar-refractivity contribution in [3.63, 3.8) is 0 Å². The molecular weight excluding hydrogens is 438 g/mol. The lowest BCUT2D eigenvalue weighted by atomic mass is 9.99. The largest absolute Gasteiger partial charge is 0.497 e. The molecule has 0 bridgehead atoms. The number of rotatable bonds is 8. The zero-order valence-corrected chi connectivity index (χ0v) is 19.3. The minimum atomic E-state index is -3.75. The maximum Gasteiger partial charge on any atom is 0.304 e. The maximum absolute atomic E-state index is 13.3. The number of anilines is 1. The molecule has 2 aromatic carbocycles. The van der Waals surface area contributed by atoms with Crippen LogP contribution in [0.1, 0.15) is 25.3 Å². The van der Waals surface area contributed by atoms with Crippen LogP contribution < -0.4 is 14.4 Å². The van der Waals surface area contributed by atoms with Gasteiger partial charge in [0.25, 0.3) is 0 Å². The monoisotopic (exact) mass is 465 g/mol. The van der Waals surface area contributed by atoms with Crippen molar-refractivity contribution < 1.29 is 17.9 Å². The fraction of sp³-hybridized carbons (Fsp3) is 0.409. The van der Waals surface area contributed by atoms with Crippen LogP contribution in [-0.2, 0) is 21.5 Å². The van der Waals surface area contributed by atoms with Crippen LogP contribution in [0.3, 0.4) is 0 Å². The van der Waals surface area contributed by atoms with Crippen molar-refractivity contribution in [2.24, 2.45) is 5.92 Å². The number of carbonyl (C=O) groups excluding carboxylic acids is 1. The number of ether oxygens (including phenoxy) is 1. The average molecular weight is 466 g/mol. The van der Waals surface area contributed by atoms with Gasteiger partial charge in [-0.25, -0.2) is 0 Å². The smallest absolute Gasteiger partial charge is 0.304 e. The number of carbonyl (C=O) groups is 1. The first-order chi connectivity index (χ1) is 14.8. The van der Waals surface area contributed by atoms with E-state index in [9.17, 15) is 13.2 Å². The summed E-state index contributed by atoms with van der Waals surface area (Å²) in [6.07, 6.45) is 1.30. The molecule has 9 heteroatoms. The lowest BCUT2D eigenvalue weighted by molar-refractivity contribution is -0.126. The van der Waals surface area contributed by atoms with Crippen molar-refractivity contribution in [3.05, 3.63) is 59.1 Å². The molecule has 3 rings (SSSR count). The van der Waals surface area contributed by atoms with Gasteiger partial charge in [0.1, 0.15) is 5.75 Å². The SMILES string of the molecule is CCN(c1ccc(OC)cc1)S(=O)(=O)N1CCC[C@H](C(=O)NCc2ccc(Cl)cc2)C1. The van der Waals surface area contributed by atoms with E-state index >= 15 is 0 Å². The molecule has 0 unspecified atom stereocenters. The molecule has 1 amide bonds. The third-order valence-corrected chi connectivity index (χ3v) is 7.65. The molecule has 168 valence electrons. The fourth-order valence-corrected chi connectivity index (χ4v) is 5.52. The predicted molar refractivity (Wildman–Crippen MR) is 123 cm³/mol. The number of amides is 1. The Bertz CT molecular complexity index is 981. The topological polar surface area (TPSA) is 79.0 Å². The second kappa shape index (κ2) is 10.3. The minimum absolute atomic E-state index is 0.137. The predicted octanol–water partition coefficient (Wildman–Crippen LogP) is 3.45. The van der Waals surface area contributed by atoms with Crippen molar-refractivity contribution in [2.75, 3.05) is 31.0 Å². The molecule has 7 nitrogen and oxygen atoms in total. The van der Waals surface area contributed by atoms with Crippen LogP contribution in [0.4, 0.5) is 5.69 Å². The number of hydrogen-bond donors (Lipinski definition) is 1. The highest BCUT2D eigenvalue weighted by molar-refractivity contribution is 7.90. The Balaban J connectivity index is 1.66. The zero-order chi connectivity index (χ0) is 22.4. The van der Waals surface area contributed by atoms with Crippen molar-refractivity contribution >= 4 is 33.4 Å². The molecule has 1 fully saturated rings. The summed E-state index contributed by atoms with van der Waals surface area (Å²) in [6, 6.07) is 14.2. The van der Waals surface area contributed by atoms with Crippen LogP contribution in [0.2, 0.25) is 5.02 Å². The lowest BCUT2D eigenvalue weighted by Gasteiger charge is -2.35. The molecule has 2 aromatic rings. The van der Waals surface area contributed by atoms with Crippen LogP contribution >= 0.6 is 11.6 Å². The Hall–Kier alpha value is -2.29. The summed E-state index contributed by atoms with van der Waals surface area (Å²) in [6.45, 7) is 3.03. The minimum Gasteiger partial charge on any atom is -0.497 e. The van der Waals surface area contributed by atoms with E-state index in [4.69, 9.17) is 16.3 Å². The van der Waals surface area contributed by atoms with Crippen molar-refractivity contribution in [3.8, 4) is 5.75 Å². The number of nitrogens with zero attached hydrogens (tertiary/aromatic N) is 2. The van der Waals surface area contributed by atoms with Gasteiger partial charge in [0, 0.05) is 31.2 Å². The first kappa shape index (κ1) is 23.4. The van der Waals surface area contributed by atoms with Gasteiger partial charge in [0.15, 0.2) is 0 Å². The fourth-order valence-electron chi connectivity index (χ4n) is 3.67. The molecule has 1 aliphatic rings. The summed E-state index contributed by atoms with van der Waals surface area (Å²) in [5.74, 6) is 0.139. The molecule has 0 aromatic heterocycles. The highest BCUT2D eigenvalue weighted by Gasteiger charge is 2.35. The van der Waals surface area contributed by atoms with Gasteiger partial charge in [-0.15, -0.1) is 0 Å². The Labute approximate surface area is 189 Å². The molecule has 0 saturated carbocycles. The first-order valence-electron chi connectivity index (χ1n) is 10.3. The first-order valence-corrected chi connectivity index (χ1v) is 12.1. The number of benzene rings is 2. The van der Waals surface area contributed by atoms with Gasteiger partial charge >= 0.3 is 10.2 Å². The molecule has 0 spiro atoms. The van der Waals surface area contributed by atoms with E-state index in [0.717, 1.165) is 5.56 Å². The van der Waals surface area contributed by atoms with E-state index in [-0.39, 0.29) is 18.4 Å². The number of halogens is 1. The maximum atomic E-state index is 13.3. The van der Waals surface area contributed by atoms with Crippen molar-refractivity contribution in [1.29, 1.82) is 0 Å². The van der Waals surface area contributed by atoms with Gasteiger partial charge in [-0.3, -0.25) is 9.10 Å². The third-order valence-electron chi connectivity index (χ3n) is 5.39. The summed E-state index contributed by atoms with van der Waals surface area (Å²) in [7, 11) is -2.19. The van der Waals surface area contributed by atoms with Crippen LogP contribution in [0.15, 0.2) is 48.5 Å². The standard InChI is InChI=1S/C22H28ClN3O4S/c1-3-26(20-10-12-21(30-2)13-11-20)31(28,29)25-14-4-5-18(16-25)22(27)24-15-17-6-8-19(23)9-7-17/h6-13,18H,3-5,14-16H2,1-2H3,(H,24,27)/t18-/m0/s1. The van der Waals surface area contributed by atoms with Crippen LogP contribution in [-0.4, -0.2) is 45.4 Å². The molecule has 1 heterocycles. The van der Waals surface area contributed by atoms with Crippen molar-refractivity contribution in [1.82, 2.24) is 9.62 Å². The van der Waals surface area contributed by atoms with Crippen molar-refractivity contribution in [2.45, 2.75) is 26.3 Å². The lowest BCUT2D eigenvalue weighted by Crippen LogP contribution is -2.50. The van der Waals surface area contributed by atoms with Crippen LogP contribution in [0, 0.1) is 5.92 Å².